The number of halogens is 1. The number of ether oxygens (including phenoxy) is 3. The zero-order valence-corrected chi connectivity index (χ0v) is 13.9. The van der Waals surface area contributed by atoms with E-state index in [1.54, 1.807) is 0 Å². The number of fused-ring (bicyclic) bond motifs is 1. The highest BCUT2D eigenvalue weighted by molar-refractivity contribution is 9.10. The van der Waals surface area contributed by atoms with Gasteiger partial charge in [0.1, 0.15) is 0 Å². The van der Waals surface area contributed by atoms with Crippen molar-refractivity contribution in [3.05, 3.63) is 22.2 Å². The summed E-state index contributed by atoms with van der Waals surface area (Å²) in [6.07, 6.45) is 2.45. The lowest BCUT2D eigenvalue weighted by Gasteiger charge is -2.16. The van der Waals surface area contributed by atoms with E-state index in [0.29, 0.717) is 25.2 Å². The van der Waals surface area contributed by atoms with Gasteiger partial charge in [0.15, 0.2) is 11.5 Å². The van der Waals surface area contributed by atoms with Gasteiger partial charge in [0.2, 0.25) is 0 Å². The second-order valence-electron chi connectivity index (χ2n) is 5.71. The summed E-state index contributed by atoms with van der Waals surface area (Å²) >= 11 is 3.58. The Kier molecular flexibility index (Phi) is 5.03. The SMILES string of the molecule is CC1OCCC1CNCc1cc(Br)c2c(c1)OCCCO2. The average molecular weight is 356 g/mol. The molecule has 2 aliphatic heterocycles. The van der Waals surface area contributed by atoms with E-state index in [9.17, 15) is 0 Å². The molecular weight excluding hydrogens is 334 g/mol. The van der Waals surface area contributed by atoms with Gasteiger partial charge in [-0.2, -0.15) is 0 Å². The summed E-state index contributed by atoms with van der Waals surface area (Å²) in [5, 5.41) is 3.53. The zero-order valence-electron chi connectivity index (χ0n) is 12.4. The summed E-state index contributed by atoms with van der Waals surface area (Å²) in [6.45, 7) is 6.30. The number of hydrogen-bond donors (Lipinski definition) is 1. The van der Waals surface area contributed by atoms with Crippen LogP contribution in [0.25, 0.3) is 0 Å². The first-order valence-electron chi connectivity index (χ1n) is 7.64. The fourth-order valence-corrected chi connectivity index (χ4v) is 3.44. The Balaban J connectivity index is 1.60. The van der Waals surface area contributed by atoms with E-state index in [1.807, 2.05) is 0 Å². The van der Waals surface area contributed by atoms with E-state index in [2.05, 4.69) is 40.3 Å². The molecule has 2 heterocycles. The molecule has 1 N–H and O–H groups in total. The summed E-state index contributed by atoms with van der Waals surface area (Å²) in [5.74, 6) is 2.29. The first kappa shape index (κ1) is 15.1. The second kappa shape index (κ2) is 6.99. The van der Waals surface area contributed by atoms with Crippen molar-refractivity contribution in [3.63, 3.8) is 0 Å². The minimum atomic E-state index is 0.369. The summed E-state index contributed by atoms with van der Waals surface area (Å²) in [4.78, 5) is 0. The molecule has 0 radical (unpaired) electrons. The molecular formula is C16H22BrNO3. The Hall–Kier alpha value is -0.780. The van der Waals surface area contributed by atoms with Gasteiger partial charge in [-0.15, -0.1) is 0 Å². The van der Waals surface area contributed by atoms with Crippen LogP contribution in [0.1, 0.15) is 25.3 Å². The van der Waals surface area contributed by atoms with Gasteiger partial charge in [0.05, 0.1) is 23.8 Å². The molecule has 0 aliphatic carbocycles. The maximum atomic E-state index is 5.76. The third-order valence-electron chi connectivity index (χ3n) is 4.13. The average Bonchev–Trinajstić information content (AvgIpc) is 2.73. The van der Waals surface area contributed by atoms with Crippen LogP contribution < -0.4 is 14.8 Å². The van der Waals surface area contributed by atoms with Crippen molar-refractivity contribution in [2.45, 2.75) is 32.4 Å². The fraction of sp³-hybridized carbons (Fsp3) is 0.625. The zero-order chi connectivity index (χ0) is 14.7. The first-order valence-corrected chi connectivity index (χ1v) is 8.43. The van der Waals surface area contributed by atoms with Crippen molar-refractivity contribution in [1.82, 2.24) is 5.32 Å². The van der Waals surface area contributed by atoms with Crippen molar-refractivity contribution in [3.8, 4) is 11.5 Å². The lowest BCUT2D eigenvalue weighted by molar-refractivity contribution is 0.105. The Labute approximate surface area is 134 Å². The van der Waals surface area contributed by atoms with Crippen molar-refractivity contribution >= 4 is 15.9 Å². The Bertz CT molecular complexity index is 495. The maximum absolute atomic E-state index is 5.76. The van der Waals surface area contributed by atoms with Gasteiger partial charge in [-0.05, 0) is 52.9 Å². The third-order valence-corrected chi connectivity index (χ3v) is 4.72. The predicted molar refractivity (Wildman–Crippen MR) is 85.0 cm³/mol. The van der Waals surface area contributed by atoms with Gasteiger partial charge in [-0.3, -0.25) is 0 Å². The van der Waals surface area contributed by atoms with Crippen molar-refractivity contribution in [2.75, 3.05) is 26.4 Å². The number of nitrogens with one attached hydrogen (secondary N) is 1. The minimum Gasteiger partial charge on any atom is -0.490 e. The standard InChI is InChI=1S/C16H22BrNO3/c1-11-13(3-6-19-11)10-18-9-12-7-14(17)16-15(8-12)20-4-2-5-21-16/h7-8,11,13,18H,2-6,9-10H2,1H3. The van der Waals surface area contributed by atoms with Crippen LogP contribution in [0, 0.1) is 5.92 Å². The Morgan fingerprint density at radius 3 is 2.90 bits per heavy atom. The molecule has 5 heteroatoms. The van der Waals surface area contributed by atoms with Gasteiger partial charge in [-0.25, -0.2) is 0 Å². The number of hydrogen-bond acceptors (Lipinski definition) is 4. The van der Waals surface area contributed by atoms with E-state index in [0.717, 1.165) is 48.5 Å². The van der Waals surface area contributed by atoms with Crippen LogP contribution in [0.4, 0.5) is 0 Å². The van der Waals surface area contributed by atoms with Crippen LogP contribution in [-0.4, -0.2) is 32.5 Å². The molecule has 116 valence electrons. The molecule has 2 aliphatic rings. The topological polar surface area (TPSA) is 39.7 Å². The van der Waals surface area contributed by atoms with Crippen LogP contribution >= 0.6 is 15.9 Å². The van der Waals surface area contributed by atoms with Crippen LogP contribution in [0.2, 0.25) is 0 Å². The lowest BCUT2D eigenvalue weighted by Crippen LogP contribution is -2.26. The van der Waals surface area contributed by atoms with Crippen LogP contribution in [-0.2, 0) is 11.3 Å². The highest BCUT2D eigenvalue weighted by atomic mass is 79.9. The summed E-state index contributed by atoms with van der Waals surface area (Å²) in [7, 11) is 0. The van der Waals surface area contributed by atoms with Crippen molar-refractivity contribution < 1.29 is 14.2 Å². The smallest absolute Gasteiger partial charge is 0.175 e. The monoisotopic (exact) mass is 355 g/mol. The molecule has 4 nitrogen and oxygen atoms in total. The molecule has 1 aromatic rings. The van der Waals surface area contributed by atoms with Crippen LogP contribution in [0.15, 0.2) is 16.6 Å². The predicted octanol–water partition coefficient (Wildman–Crippen LogP) is 3.13. The molecule has 1 aromatic carbocycles. The van der Waals surface area contributed by atoms with Crippen molar-refractivity contribution in [1.29, 1.82) is 0 Å². The number of benzene rings is 1. The lowest BCUT2D eigenvalue weighted by atomic mass is 10.0. The van der Waals surface area contributed by atoms with Gasteiger partial charge < -0.3 is 19.5 Å². The Morgan fingerprint density at radius 1 is 1.24 bits per heavy atom. The highest BCUT2D eigenvalue weighted by Crippen LogP contribution is 2.38. The molecule has 0 spiro atoms. The van der Waals surface area contributed by atoms with E-state index in [1.165, 1.54) is 5.56 Å². The van der Waals surface area contributed by atoms with E-state index in [-0.39, 0.29) is 0 Å². The molecule has 0 aromatic heterocycles. The molecule has 0 saturated carbocycles. The molecule has 2 atom stereocenters. The highest BCUT2D eigenvalue weighted by Gasteiger charge is 2.23. The van der Waals surface area contributed by atoms with Gasteiger partial charge >= 0.3 is 0 Å². The van der Waals surface area contributed by atoms with Gasteiger partial charge in [0.25, 0.3) is 0 Å². The van der Waals surface area contributed by atoms with Gasteiger partial charge in [-0.1, -0.05) is 0 Å². The Morgan fingerprint density at radius 2 is 2.10 bits per heavy atom. The molecule has 1 fully saturated rings. The second-order valence-corrected chi connectivity index (χ2v) is 6.57. The van der Waals surface area contributed by atoms with E-state index < -0.39 is 0 Å². The van der Waals surface area contributed by atoms with E-state index >= 15 is 0 Å². The maximum Gasteiger partial charge on any atom is 0.175 e. The van der Waals surface area contributed by atoms with Crippen LogP contribution in [0.5, 0.6) is 11.5 Å². The summed E-state index contributed by atoms with van der Waals surface area (Å²) in [6, 6.07) is 4.18. The normalized spacial score (nSPS) is 24.9. The largest absolute Gasteiger partial charge is 0.490 e. The summed E-state index contributed by atoms with van der Waals surface area (Å²) < 4.78 is 18.0. The molecule has 0 amide bonds. The third kappa shape index (κ3) is 3.71. The minimum absolute atomic E-state index is 0.369. The fourth-order valence-electron chi connectivity index (χ4n) is 2.83. The summed E-state index contributed by atoms with van der Waals surface area (Å²) in [5.41, 5.74) is 1.21. The van der Waals surface area contributed by atoms with Crippen LogP contribution in [0.3, 0.4) is 0 Å². The molecule has 0 bridgehead atoms. The van der Waals surface area contributed by atoms with Crippen molar-refractivity contribution in [2.24, 2.45) is 5.92 Å². The first-order chi connectivity index (χ1) is 10.2. The molecule has 21 heavy (non-hydrogen) atoms. The molecule has 2 unspecified atom stereocenters. The molecule has 1 saturated heterocycles. The van der Waals surface area contributed by atoms with Gasteiger partial charge in [0, 0.05) is 26.1 Å². The van der Waals surface area contributed by atoms with E-state index in [4.69, 9.17) is 14.2 Å². The molecule has 3 rings (SSSR count). The number of rotatable bonds is 4. The quantitative estimate of drug-likeness (QED) is 0.900.